The molecule has 1 aliphatic carbocycles. The number of methoxy groups -OCH3 is 1. The van der Waals surface area contributed by atoms with Crippen LogP contribution in [0.3, 0.4) is 0 Å². The Balaban J connectivity index is 2.56. The summed E-state index contributed by atoms with van der Waals surface area (Å²) in [5.41, 5.74) is 5.82. The number of nitrogens with two attached hydrogens (primary N) is 1. The summed E-state index contributed by atoms with van der Waals surface area (Å²) in [6, 6.07) is 0.343. The van der Waals surface area contributed by atoms with Crippen molar-refractivity contribution in [1.82, 2.24) is 4.90 Å². The largest absolute Gasteiger partial charge is 0.383 e. The van der Waals surface area contributed by atoms with Gasteiger partial charge in [0, 0.05) is 26.1 Å². The van der Waals surface area contributed by atoms with Gasteiger partial charge < -0.3 is 15.4 Å². The highest BCUT2D eigenvalue weighted by atomic mass is 16.5. The molecule has 2 atom stereocenters. The zero-order valence-corrected chi connectivity index (χ0v) is 13.6. The van der Waals surface area contributed by atoms with Crippen molar-refractivity contribution in [1.29, 1.82) is 0 Å². The van der Waals surface area contributed by atoms with Crippen molar-refractivity contribution in [2.75, 3.05) is 26.8 Å². The van der Waals surface area contributed by atoms with Gasteiger partial charge in [-0.15, -0.1) is 0 Å². The van der Waals surface area contributed by atoms with E-state index < -0.39 is 0 Å². The highest BCUT2D eigenvalue weighted by Gasteiger charge is 2.34. The maximum atomic E-state index is 12.6. The van der Waals surface area contributed by atoms with E-state index in [1.807, 2.05) is 4.90 Å². The van der Waals surface area contributed by atoms with Crippen LogP contribution in [-0.4, -0.2) is 43.7 Å². The number of rotatable bonds is 10. The minimum Gasteiger partial charge on any atom is -0.383 e. The van der Waals surface area contributed by atoms with E-state index in [1.54, 1.807) is 7.11 Å². The molecule has 0 saturated heterocycles. The molecule has 1 aliphatic rings. The van der Waals surface area contributed by atoms with Gasteiger partial charge in [-0.25, -0.2) is 0 Å². The van der Waals surface area contributed by atoms with E-state index in [4.69, 9.17) is 10.5 Å². The van der Waals surface area contributed by atoms with Crippen LogP contribution in [0.4, 0.5) is 0 Å². The first-order valence-corrected chi connectivity index (χ1v) is 7.98. The molecule has 0 aromatic rings. The molecule has 0 spiro atoms. The molecule has 0 aromatic carbocycles. The Bertz CT molecular complexity index is 290. The van der Waals surface area contributed by atoms with E-state index in [-0.39, 0.29) is 5.91 Å². The lowest BCUT2D eigenvalue weighted by molar-refractivity contribution is -0.135. The van der Waals surface area contributed by atoms with Crippen molar-refractivity contribution in [2.24, 2.45) is 23.5 Å². The second-order valence-corrected chi connectivity index (χ2v) is 6.59. The Morgan fingerprint density at radius 1 is 1.35 bits per heavy atom. The molecule has 0 aromatic heterocycles. The number of nitrogens with zero attached hydrogens (tertiary/aromatic N) is 1. The Morgan fingerprint density at radius 2 is 2.00 bits per heavy atom. The third-order valence-corrected chi connectivity index (χ3v) is 4.25. The van der Waals surface area contributed by atoms with Crippen LogP contribution in [0.1, 0.15) is 46.5 Å². The Hall–Kier alpha value is -0.610. The van der Waals surface area contributed by atoms with Gasteiger partial charge in [0.25, 0.3) is 0 Å². The van der Waals surface area contributed by atoms with Gasteiger partial charge in [-0.3, -0.25) is 4.79 Å². The average Bonchev–Trinajstić information content (AvgIpc) is 3.21. The van der Waals surface area contributed by atoms with Crippen molar-refractivity contribution in [3.8, 4) is 0 Å². The van der Waals surface area contributed by atoms with Gasteiger partial charge in [-0.2, -0.15) is 0 Å². The van der Waals surface area contributed by atoms with Crippen LogP contribution < -0.4 is 5.73 Å². The standard InChI is InChI=1S/C16H32N2O2/c1-12(2)9-14(11-17)10-16(19)18(7-8-20-4)13(3)15-5-6-15/h12-15H,5-11,17H2,1-4H3/t13?,14-/m0/s1. The number of carbonyl (C=O) groups is 1. The summed E-state index contributed by atoms with van der Waals surface area (Å²) in [6.45, 7) is 8.45. The Morgan fingerprint density at radius 3 is 2.45 bits per heavy atom. The number of hydrogen-bond donors (Lipinski definition) is 1. The maximum absolute atomic E-state index is 12.6. The highest BCUT2D eigenvalue weighted by molar-refractivity contribution is 5.76. The van der Waals surface area contributed by atoms with E-state index in [2.05, 4.69) is 20.8 Å². The quantitative estimate of drug-likeness (QED) is 0.669. The molecule has 1 saturated carbocycles. The minimum absolute atomic E-state index is 0.248. The molecule has 4 nitrogen and oxygen atoms in total. The molecule has 1 unspecified atom stereocenters. The zero-order valence-electron chi connectivity index (χ0n) is 13.6. The van der Waals surface area contributed by atoms with Crippen molar-refractivity contribution < 1.29 is 9.53 Å². The second kappa shape index (κ2) is 8.63. The molecule has 1 rings (SSSR count). The van der Waals surface area contributed by atoms with E-state index in [1.165, 1.54) is 12.8 Å². The SMILES string of the molecule is COCCN(C(=O)C[C@@H](CN)CC(C)C)C(C)C1CC1. The first-order valence-electron chi connectivity index (χ1n) is 7.98. The van der Waals surface area contributed by atoms with Crippen LogP contribution in [0.2, 0.25) is 0 Å². The zero-order chi connectivity index (χ0) is 15.1. The molecular weight excluding hydrogens is 252 g/mol. The Kier molecular flexibility index (Phi) is 7.52. The Labute approximate surface area is 124 Å². The molecular formula is C16H32N2O2. The molecule has 0 bridgehead atoms. The monoisotopic (exact) mass is 284 g/mol. The summed E-state index contributed by atoms with van der Waals surface area (Å²) >= 11 is 0. The van der Waals surface area contributed by atoms with Crippen LogP contribution in [0.5, 0.6) is 0 Å². The average molecular weight is 284 g/mol. The van der Waals surface area contributed by atoms with Crippen LogP contribution in [0.25, 0.3) is 0 Å². The van der Waals surface area contributed by atoms with Crippen LogP contribution in [0.15, 0.2) is 0 Å². The highest BCUT2D eigenvalue weighted by Crippen LogP contribution is 2.35. The summed E-state index contributed by atoms with van der Waals surface area (Å²) in [7, 11) is 1.69. The molecule has 118 valence electrons. The second-order valence-electron chi connectivity index (χ2n) is 6.59. The predicted molar refractivity (Wildman–Crippen MR) is 82.4 cm³/mol. The smallest absolute Gasteiger partial charge is 0.223 e. The van der Waals surface area contributed by atoms with Crippen molar-refractivity contribution in [2.45, 2.75) is 52.5 Å². The number of hydrogen-bond acceptors (Lipinski definition) is 3. The molecule has 0 aliphatic heterocycles. The summed E-state index contributed by atoms with van der Waals surface area (Å²) in [4.78, 5) is 14.6. The van der Waals surface area contributed by atoms with E-state index >= 15 is 0 Å². The molecule has 2 N–H and O–H groups in total. The van der Waals surface area contributed by atoms with Gasteiger partial charge in [0.05, 0.1) is 6.61 Å². The molecule has 1 amide bonds. The lowest BCUT2D eigenvalue weighted by Gasteiger charge is -2.31. The first kappa shape index (κ1) is 17.4. The summed E-state index contributed by atoms with van der Waals surface area (Å²) in [6.07, 6.45) is 4.11. The summed E-state index contributed by atoms with van der Waals surface area (Å²) < 4.78 is 5.15. The van der Waals surface area contributed by atoms with Crippen molar-refractivity contribution >= 4 is 5.91 Å². The fourth-order valence-electron chi connectivity index (χ4n) is 2.87. The van der Waals surface area contributed by atoms with Gasteiger partial charge in [-0.05, 0) is 50.5 Å². The van der Waals surface area contributed by atoms with Crippen LogP contribution >= 0.6 is 0 Å². The van der Waals surface area contributed by atoms with E-state index in [9.17, 15) is 4.79 Å². The van der Waals surface area contributed by atoms with Gasteiger partial charge in [0.1, 0.15) is 0 Å². The van der Waals surface area contributed by atoms with Crippen molar-refractivity contribution in [3.05, 3.63) is 0 Å². The predicted octanol–water partition coefficient (Wildman–Crippen LogP) is 2.27. The van der Waals surface area contributed by atoms with E-state index in [0.717, 1.165) is 6.42 Å². The lowest BCUT2D eigenvalue weighted by Crippen LogP contribution is -2.43. The molecule has 0 heterocycles. The number of amides is 1. The molecule has 0 radical (unpaired) electrons. The van der Waals surface area contributed by atoms with E-state index in [0.29, 0.717) is 49.9 Å². The van der Waals surface area contributed by atoms with Crippen molar-refractivity contribution in [3.63, 3.8) is 0 Å². The third kappa shape index (κ3) is 5.80. The first-order chi connectivity index (χ1) is 9.49. The van der Waals surface area contributed by atoms with Gasteiger partial charge in [0.15, 0.2) is 0 Å². The summed E-state index contributed by atoms with van der Waals surface area (Å²) in [5, 5.41) is 0. The van der Waals surface area contributed by atoms with Gasteiger partial charge in [0.2, 0.25) is 5.91 Å². The molecule has 4 heteroatoms. The van der Waals surface area contributed by atoms with Gasteiger partial charge >= 0.3 is 0 Å². The fourth-order valence-corrected chi connectivity index (χ4v) is 2.87. The lowest BCUT2D eigenvalue weighted by atomic mass is 9.93. The van der Waals surface area contributed by atoms with Gasteiger partial charge in [-0.1, -0.05) is 13.8 Å². The molecule has 1 fully saturated rings. The molecule has 20 heavy (non-hydrogen) atoms. The number of carbonyl (C=O) groups excluding carboxylic acids is 1. The third-order valence-electron chi connectivity index (χ3n) is 4.25. The summed E-state index contributed by atoms with van der Waals surface area (Å²) in [5.74, 6) is 1.83. The van der Waals surface area contributed by atoms with Crippen LogP contribution in [-0.2, 0) is 9.53 Å². The minimum atomic E-state index is 0.248. The maximum Gasteiger partial charge on any atom is 0.223 e. The topological polar surface area (TPSA) is 55.6 Å². The van der Waals surface area contributed by atoms with Crippen LogP contribution in [0, 0.1) is 17.8 Å². The number of ether oxygens (including phenoxy) is 1. The fraction of sp³-hybridized carbons (Fsp3) is 0.938. The normalized spacial score (nSPS) is 18.1.